The van der Waals surface area contributed by atoms with Crippen LogP contribution in [0.4, 0.5) is 5.69 Å². The third-order valence-corrected chi connectivity index (χ3v) is 4.35. The molecule has 2 amide bonds. The van der Waals surface area contributed by atoms with E-state index in [4.69, 9.17) is 5.73 Å². The first-order valence-corrected chi connectivity index (χ1v) is 7.73. The van der Waals surface area contributed by atoms with E-state index < -0.39 is 5.91 Å². The van der Waals surface area contributed by atoms with E-state index in [0.29, 0.717) is 17.7 Å². The first kappa shape index (κ1) is 14.9. The second kappa shape index (κ2) is 6.76. The van der Waals surface area contributed by atoms with Crippen LogP contribution in [0.5, 0.6) is 0 Å². The number of thioether (sulfide) groups is 1. The molecule has 1 unspecified atom stereocenters. The Hall–Kier alpha value is -1.53. The Bertz CT molecular complexity index is 513. The summed E-state index contributed by atoms with van der Waals surface area (Å²) in [6.45, 7) is 2.76. The van der Waals surface area contributed by atoms with E-state index in [1.165, 1.54) is 0 Å². The van der Waals surface area contributed by atoms with Crippen molar-refractivity contribution in [3.8, 4) is 0 Å². The third kappa shape index (κ3) is 3.98. The van der Waals surface area contributed by atoms with Crippen molar-refractivity contribution < 1.29 is 9.59 Å². The summed E-state index contributed by atoms with van der Waals surface area (Å²) in [5.41, 5.74) is 7.15. The summed E-state index contributed by atoms with van der Waals surface area (Å²) in [5.74, 6) is 1.51. The fraction of sp³-hybridized carbons (Fsp3) is 0.429. The van der Waals surface area contributed by atoms with E-state index in [0.717, 1.165) is 23.6 Å². The van der Waals surface area contributed by atoms with Crippen LogP contribution in [0.2, 0.25) is 0 Å². The Balaban J connectivity index is 1.96. The molecule has 4 N–H and O–H groups in total. The minimum Gasteiger partial charge on any atom is -0.366 e. The lowest BCUT2D eigenvalue weighted by molar-refractivity contribution is -0.116. The summed E-state index contributed by atoms with van der Waals surface area (Å²) in [6.07, 6.45) is 0.437. The van der Waals surface area contributed by atoms with Gasteiger partial charge in [-0.2, -0.15) is 11.8 Å². The second-order valence-corrected chi connectivity index (χ2v) is 6.02. The number of carbonyl (C=O) groups is 2. The number of nitrogens with two attached hydrogens (primary N) is 1. The maximum absolute atomic E-state index is 12.0. The quantitative estimate of drug-likeness (QED) is 0.777. The number of nitrogens with one attached hydrogen (secondary N) is 2. The minimum absolute atomic E-state index is 0.0516. The molecule has 2 rings (SSSR count). The lowest BCUT2D eigenvalue weighted by atomic mass is 10.1. The number of carbonyl (C=O) groups excluding carboxylic acids is 2. The van der Waals surface area contributed by atoms with Gasteiger partial charge in [0.25, 0.3) is 0 Å². The zero-order valence-electron chi connectivity index (χ0n) is 11.4. The van der Waals surface area contributed by atoms with Crippen LogP contribution in [0.15, 0.2) is 18.2 Å². The summed E-state index contributed by atoms with van der Waals surface area (Å²) >= 11 is 1.86. The molecule has 0 bridgehead atoms. The molecule has 0 radical (unpaired) electrons. The summed E-state index contributed by atoms with van der Waals surface area (Å²) in [4.78, 5) is 23.2. The zero-order valence-corrected chi connectivity index (χ0v) is 12.3. The molecule has 1 aromatic rings. The van der Waals surface area contributed by atoms with Crippen LogP contribution in [0, 0.1) is 6.92 Å². The summed E-state index contributed by atoms with van der Waals surface area (Å²) in [7, 11) is 0. The van der Waals surface area contributed by atoms with Gasteiger partial charge in [-0.15, -0.1) is 0 Å². The molecule has 0 saturated carbocycles. The molecule has 1 atom stereocenters. The van der Waals surface area contributed by atoms with Gasteiger partial charge in [-0.25, -0.2) is 0 Å². The van der Waals surface area contributed by atoms with Gasteiger partial charge in [0, 0.05) is 41.8 Å². The van der Waals surface area contributed by atoms with Gasteiger partial charge < -0.3 is 16.4 Å². The topological polar surface area (TPSA) is 84.2 Å². The molecule has 1 saturated heterocycles. The van der Waals surface area contributed by atoms with Crippen LogP contribution in [0.25, 0.3) is 0 Å². The van der Waals surface area contributed by atoms with Gasteiger partial charge in [0.1, 0.15) is 0 Å². The molecule has 1 fully saturated rings. The lowest BCUT2D eigenvalue weighted by Crippen LogP contribution is -2.39. The maximum atomic E-state index is 12.0. The van der Waals surface area contributed by atoms with Gasteiger partial charge >= 0.3 is 0 Å². The predicted molar refractivity (Wildman–Crippen MR) is 82.1 cm³/mol. The standard InChI is InChI=1S/C14H19N3O2S/c1-9-2-3-10(6-12(9)14(15)19)17-13(18)7-11-8-20-5-4-16-11/h2-3,6,11,16H,4-5,7-8H2,1H3,(H2,15,19)(H,17,18). The van der Waals surface area contributed by atoms with Gasteiger partial charge in [-0.1, -0.05) is 6.07 Å². The molecule has 1 aliphatic heterocycles. The van der Waals surface area contributed by atoms with Crippen LogP contribution in [0.3, 0.4) is 0 Å². The first-order valence-electron chi connectivity index (χ1n) is 6.57. The monoisotopic (exact) mass is 293 g/mol. The Morgan fingerprint density at radius 1 is 1.50 bits per heavy atom. The molecule has 1 heterocycles. The average Bonchev–Trinajstić information content (AvgIpc) is 2.41. The number of primary amides is 1. The number of amides is 2. The van der Waals surface area contributed by atoms with Gasteiger partial charge in [0.15, 0.2) is 0 Å². The molecule has 0 aromatic heterocycles. The molecule has 0 aliphatic carbocycles. The van der Waals surface area contributed by atoms with Gasteiger partial charge in [0.05, 0.1) is 0 Å². The Morgan fingerprint density at radius 2 is 2.30 bits per heavy atom. The fourth-order valence-electron chi connectivity index (χ4n) is 2.15. The van der Waals surface area contributed by atoms with E-state index >= 15 is 0 Å². The third-order valence-electron chi connectivity index (χ3n) is 3.22. The summed E-state index contributed by atoms with van der Waals surface area (Å²) < 4.78 is 0. The smallest absolute Gasteiger partial charge is 0.249 e. The molecule has 6 heteroatoms. The van der Waals surface area contributed by atoms with Crippen LogP contribution >= 0.6 is 11.8 Å². The largest absolute Gasteiger partial charge is 0.366 e. The number of benzene rings is 1. The normalized spacial score (nSPS) is 18.6. The Kier molecular flexibility index (Phi) is 5.03. The molecule has 1 aliphatic rings. The van der Waals surface area contributed by atoms with Crippen LogP contribution in [-0.4, -0.2) is 35.9 Å². The van der Waals surface area contributed by atoms with Crippen molar-refractivity contribution >= 4 is 29.3 Å². The predicted octanol–water partition coefficient (Wildman–Crippen LogP) is 1.13. The van der Waals surface area contributed by atoms with Crippen molar-refractivity contribution in [1.29, 1.82) is 0 Å². The van der Waals surface area contributed by atoms with Crippen LogP contribution in [0.1, 0.15) is 22.3 Å². The minimum atomic E-state index is -0.482. The van der Waals surface area contributed by atoms with Gasteiger partial charge in [-0.05, 0) is 24.6 Å². The van der Waals surface area contributed by atoms with E-state index in [1.807, 2.05) is 18.7 Å². The van der Waals surface area contributed by atoms with Crippen molar-refractivity contribution in [3.63, 3.8) is 0 Å². The highest BCUT2D eigenvalue weighted by molar-refractivity contribution is 7.99. The first-order chi connectivity index (χ1) is 9.56. The highest BCUT2D eigenvalue weighted by atomic mass is 32.2. The maximum Gasteiger partial charge on any atom is 0.249 e. The summed E-state index contributed by atoms with van der Waals surface area (Å²) in [5, 5.41) is 6.13. The molecule has 108 valence electrons. The highest BCUT2D eigenvalue weighted by Crippen LogP contribution is 2.16. The molecule has 0 spiro atoms. The number of anilines is 1. The second-order valence-electron chi connectivity index (χ2n) is 4.87. The SMILES string of the molecule is Cc1ccc(NC(=O)CC2CSCCN2)cc1C(N)=O. The Labute approximate surface area is 122 Å². The van der Waals surface area contributed by atoms with Crippen molar-refractivity contribution in [2.45, 2.75) is 19.4 Å². The van der Waals surface area contributed by atoms with Gasteiger partial charge in [-0.3, -0.25) is 9.59 Å². The van der Waals surface area contributed by atoms with Crippen molar-refractivity contribution in [3.05, 3.63) is 29.3 Å². The molecule has 20 heavy (non-hydrogen) atoms. The number of rotatable bonds is 4. The lowest BCUT2D eigenvalue weighted by Gasteiger charge is -2.22. The zero-order chi connectivity index (χ0) is 14.5. The Morgan fingerprint density at radius 3 is 2.95 bits per heavy atom. The van der Waals surface area contributed by atoms with Crippen LogP contribution in [-0.2, 0) is 4.79 Å². The number of hydrogen-bond donors (Lipinski definition) is 3. The summed E-state index contributed by atoms with van der Waals surface area (Å²) in [6, 6.07) is 5.40. The van der Waals surface area contributed by atoms with E-state index in [9.17, 15) is 9.59 Å². The highest BCUT2D eigenvalue weighted by Gasteiger charge is 2.17. The van der Waals surface area contributed by atoms with Crippen LogP contribution < -0.4 is 16.4 Å². The molecular formula is C14H19N3O2S. The number of hydrogen-bond acceptors (Lipinski definition) is 4. The van der Waals surface area contributed by atoms with Gasteiger partial charge in [0.2, 0.25) is 11.8 Å². The van der Waals surface area contributed by atoms with Crippen molar-refractivity contribution in [1.82, 2.24) is 5.32 Å². The molecule has 1 aromatic carbocycles. The molecule has 5 nitrogen and oxygen atoms in total. The fourth-order valence-corrected chi connectivity index (χ4v) is 3.10. The van der Waals surface area contributed by atoms with E-state index in [1.54, 1.807) is 18.2 Å². The van der Waals surface area contributed by atoms with E-state index in [2.05, 4.69) is 10.6 Å². The molecular weight excluding hydrogens is 274 g/mol. The average molecular weight is 293 g/mol. The van der Waals surface area contributed by atoms with Crippen molar-refractivity contribution in [2.75, 3.05) is 23.4 Å². The number of aryl methyl sites for hydroxylation is 1. The van der Waals surface area contributed by atoms with E-state index in [-0.39, 0.29) is 11.9 Å². The van der Waals surface area contributed by atoms with Crippen molar-refractivity contribution in [2.24, 2.45) is 5.73 Å².